The summed E-state index contributed by atoms with van der Waals surface area (Å²) in [7, 11) is 1.77. The number of rotatable bonds is 3. The van der Waals surface area contributed by atoms with E-state index in [1.54, 1.807) is 7.11 Å². The summed E-state index contributed by atoms with van der Waals surface area (Å²) >= 11 is 9.80. The first-order valence-electron chi connectivity index (χ1n) is 6.95. The molecule has 19 heavy (non-hydrogen) atoms. The third-order valence-electron chi connectivity index (χ3n) is 4.26. The highest BCUT2D eigenvalue weighted by Gasteiger charge is 2.39. The van der Waals surface area contributed by atoms with Crippen LogP contribution in [0.5, 0.6) is 0 Å². The van der Waals surface area contributed by atoms with E-state index in [-0.39, 0.29) is 5.60 Å². The Balaban J connectivity index is 2.03. The van der Waals surface area contributed by atoms with Crippen LogP contribution in [0.1, 0.15) is 62.4 Å². The first-order valence-corrected chi connectivity index (χ1v) is 8.12. The number of aromatic nitrogens is 2. The Bertz CT molecular complexity index is 485. The van der Waals surface area contributed by atoms with E-state index in [0.717, 1.165) is 28.8 Å². The second kappa shape index (κ2) is 5.30. The average Bonchev–Trinajstić information content (AvgIpc) is 3.27. The van der Waals surface area contributed by atoms with E-state index in [1.807, 2.05) is 0 Å². The molecule has 2 aliphatic rings. The lowest BCUT2D eigenvalue weighted by molar-refractivity contribution is -0.0516. The van der Waals surface area contributed by atoms with Crippen LogP contribution in [0, 0.1) is 0 Å². The van der Waals surface area contributed by atoms with Crippen LogP contribution in [0.25, 0.3) is 0 Å². The van der Waals surface area contributed by atoms with E-state index in [1.165, 1.54) is 32.1 Å². The van der Waals surface area contributed by atoms with E-state index in [2.05, 4.69) is 20.9 Å². The van der Waals surface area contributed by atoms with E-state index in [4.69, 9.17) is 21.3 Å². The first-order chi connectivity index (χ1) is 9.16. The minimum atomic E-state index is -0.327. The third kappa shape index (κ3) is 2.55. The molecule has 0 N–H and O–H groups in total. The highest BCUT2D eigenvalue weighted by atomic mass is 79.9. The van der Waals surface area contributed by atoms with Gasteiger partial charge in [-0.3, -0.25) is 0 Å². The quantitative estimate of drug-likeness (QED) is 0.752. The molecule has 3 nitrogen and oxygen atoms in total. The van der Waals surface area contributed by atoms with Gasteiger partial charge in [-0.1, -0.05) is 30.9 Å². The summed E-state index contributed by atoms with van der Waals surface area (Å²) in [5.41, 5.74) is 0.740. The summed E-state index contributed by atoms with van der Waals surface area (Å²) in [5, 5.41) is 0.522. The maximum atomic E-state index is 6.28. The summed E-state index contributed by atoms with van der Waals surface area (Å²) in [6.07, 6.45) is 7.99. The van der Waals surface area contributed by atoms with E-state index in [9.17, 15) is 0 Å². The molecule has 0 aromatic carbocycles. The topological polar surface area (TPSA) is 35.0 Å². The molecule has 0 radical (unpaired) electrons. The zero-order chi connectivity index (χ0) is 13.5. The van der Waals surface area contributed by atoms with Crippen molar-refractivity contribution in [2.45, 2.75) is 56.5 Å². The van der Waals surface area contributed by atoms with Crippen LogP contribution in [0.15, 0.2) is 4.47 Å². The van der Waals surface area contributed by atoms with Crippen molar-refractivity contribution in [1.82, 2.24) is 9.97 Å². The van der Waals surface area contributed by atoms with Crippen LogP contribution in [-0.2, 0) is 10.3 Å². The highest BCUT2D eigenvalue weighted by Crippen LogP contribution is 2.46. The lowest BCUT2D eigenvalue weighted by atomic mass is 9.84. The molecule has 1 heterocycles. The molecule has 2 fully saturated rings. The summed E-state index contributed by atoms with van der Waals surface area (Å²) in [4.78, 5) is 9.29. The molecule has 0 amide bonds. The number of hydrogen-bond acceptors (Lipinski definition) is 3. The van der Waals surface area contributed by atoms with Gasteiger partial charge in [0.05, 0.1) is 10.2 Å². The minimum Gasteiger partial charge on any atom is -0.370 e. The second-order valence-electron chi connectivity index (χ2n) is 5.57. The number of ether oxygens (including phenoxy) is 1. The normalized spacial score (nSPS) is 22.5. The number of halogens is 2. The maximum absolute atomic E-state index is 6.28. The highest BCUT2D eigenvalue weighted by molar-refractivity contribution is 9.10. The van der Waals surface area contributed by atoms with Crippen LogP contribution in [0.3, 0.4) is 0 Å². The summed E-state index contributed by atoms with van der Waals surface area (Å²) in [6, 6.07) is 0. The van der Waals surface area contributed by atoms with Crippen molar-refractivity contribution >= 4 is 27.5 Å². The molecule has 5 heteroatoms. The van der Waals surface area contributed by atoms with Crippen molar-refractivity contribution in [2.75, 3.05) is 7.11 Å². The standard InChI is InChI=1S/C14H18BrClN2O/c1-19-14(7-3-2-4-8-14)13-17-11(9-5-6-9)10(15)12(16)18-13/h9H,2-8H2,1H3. The fourth-order valence-electron chi connectivity index (χ4n) is 2.91. The SMILES string of the molecule is COC1(c2nc(Cl)c(Br)c(C3CC3)n2)CCCCC1. The molecular formula is C14H18BrClN2O. The molecule has 104 valence electrons. The van der Waals surface area contributed by atoms with Crippen molar-refractivity contribution in [1.29, 1.82) is 0 Å². The summed E-state index contributed by atoms with van der Waals surface area (Å²) in [6.45, 7) is 0. The van der Waals surface area contributed by atoms with Gasteiger partial charge in [0.2, 0.25) is 0 Å². The lowest BCUT2D eigenvalue weighted by Crippen LogP contribution is -2.33. The van der Waals surface area contributed by atoms with Crippen LogP contribution in [-0.4, -0.2) is 17.1 Å². The number of methoxy groups -OCH3 is 1. The molecule has 0 saturated heterocycles. The van der Waals surface area contributed by atoms with Gasteiger partial charge < -0.3 is 4.74 Å². The van der Waals surface area contributed by atoms with Gasteiger partial charge in [-0.25, -0.2) is 9.97 Å². The lowest BCUT2D eigenvalue weighted by Gasteiger charge is -2.34. The van der Waals surface area contributed by atoms with Crippen LogP contribution in [0.2, 0.25) is 5.15 Å². The zero-order valence-electron chi connectivity index (χ0n) is 11.1. The van der Waals surface area contributed by atoms with Crippen molar-refractivity contribution in [3.05, 3.63) is 21.1 Å². The molecule has 3 rings (SSSR count). The van der Waals surface area contributed by atoms with Gasteiger partial charge in [0.15, 0.2) is 5.82 Å². The van der Waals surface area contributed by atoms with Crippen LogP contribution < -0.4 is 0 Å². The summed E-state index contributed by atoms with van der Waals surface area (Å²) < 4.78 is 6.68. The van der Waals surface area contributed by atoms with Gasteiger partial charge >= 0.3 is 0 Å². The Labute approximate surface area is 127 Å². The van der Waals surface area contributed by atoms with Crippen LogP contribution >= 0.6 is 27.5 Å². The molecule has 2 saturated carbocycles. The predicted molar refractivity (Wildman–Crippen MR) is 78.5 cm³/mol. The number of hydrogen-bond donors (Lipinski definition) is 0. The van der Waals surface area contributed by atoms with Crippen LogP contribution in [0.4, 0.5) is 0 Å². The van der Waals surface area contributed by atoms with Crippen molar-refractivity contribution < 1.29 is 4.74 Å². The molecule has 0 bridgehead atoms. The molecule has 0 aliphatic heterocycles. The predicted octanol–water partition coefficient (Wildman–Crippen LogP) is 4.58. The van der Waals surface area contributed by atoms with E-state index < -0.39 is 0 Å². The van der Waals surface area contributed by atoms with Gasteiger partial charge in [0, 0.05) is 13.0 Å². The van der Waals surface area contributed by atoms with Gasteiger partial charge in [-0.05, 0) is 41.6 Å². The smallest absolute Gasteiger partial charge is 0.162 e. The Morgan fingerprint density at radius 2 is 1.89 bits per heavy atom. The van der Waals surface area contributed by atoms with Gasteiger partial charge in [0.25, 0.3) is 0 Å². The van der Waals surface area contributed by atoms with Crippen molar-refractivity contribution in [2.24, 2.45) is 0 Å². The molecule has 0 spiro atoms. The fraction of sp³-hybridized carbons (Fsp3) is 0.714. The minimum absolute atomic E-state index is 0.327. The average molecular weight is 346 g/mol. The first kappa shape index (κ1) is 13.8. The van der Waals surface area contributed by atoms with Gasteiger partial charge in [-0.15, -0.1) is 0 Å². The third-order valence-corrected chi connectivity index (χ3v) is 5.54. The van der Waals surface area contributed by atoms with E-state index in [0.29, 0.717) is 11.1 Å². The molecule has 0 atom stereocenters. The zero-order valence-corrected chi connectivity index (χ0v) is 13.4. The van der Waals surface area contributed by atoms with E-state index >= 15 is 0 Å². The molecule has 2 aliphatic carbocycles. The Hall–Kier alpha value is -0.190. The Kier molecular flexibility index (Phi) is 3.84. The summed E-state index contributed by atoms with van der Waals surface area (Å²) in [5.74, 6) is 1.33. The molecular weight excluding hydrogens is 328 g/mol. The van der Waals surface area contributed by atoms with Crippen molar-refractivity contribution in [3.63, 3.8) is 0 Å². The van der Waals surface area contributed by atoms with Gasteiger partial charge in [-0.2, -0.15) is 0 Å². The maximum Gasteiger partial charge on any atom is 0.162 e. The van der Waals surface area contributed by atoms with Crippen molar-refractivity contribution in [3.8, 4) is 0 Å². The Morgan fingerprint density at radius 1 is 1.21 bits per heavy atom. The molecule has 1 aromatic heterocycles. The molecule has 0 unspecified atom stereocenters. The largest absolute Gasteiger partial charge is 0.370 e. The second-order valence-corrected chi connectivity index (χ2v) is 6.72. The van der Waals surface area contributed by atoms with Gasteiger partial charge in [0.1, 0.15) is 10.8 Å². The molecule has 1 aromatic rings. The fourth-order valence-corrected chi connectivity index (χ4v) is 3.59. The Morgan fingerprint density at radius 3 is 2.47 bits per heavy atom. The monoisotopic (exact) mass is 344 g/mol. The number of nitrogens with zero attached hydrogens (tertiary/aromatic N) is 2.